The second-order valence-electron chi connectivity index (χ2n) is 5.37. The lowest BCUT2D eigenvalue weighted by Gasteiger charge is -2.33. The molecule has 0 unspecified atom stereocenters. The van der Waals surface area contributed by atoms with Crippen molar-refractivity contribution in [2.24, 2.45) is 10.9 Å². The number of ether oxygens (including phenoxy) is 1. The zero-order chi connectivity index (χ0) is 15.9. The molecule has 1 saturated heterocycles. The Morgan fingerprint density at radius 3 is 2.74 bits per heavy atom. The van der Waals surface area contributed by atoms with Gasteiger partial charge in [-0.3, -0.25) is 9.79 Å². The standard InChI is InChI=1S/C15H24N4O2S.HI/c1-11-18-13(10-22-11)4-7-17-15(16-2)19-8-5-12(6-9-19)14(20)21-3;/h10,12H,4-9H2,1-3H3,(H,16,17);1H. The van der Waals surface area contributed by atoms with E-state index in [1.807, 2.05) is 6.92 Å². The average Bonchev–Trinajstić information content (AvgIpc) is 2.96. The van der Waals surface area contributed by atoms with Crippen molar-refractivity contribution in [3.8, 4) is 0 Å². The molecule has 0 bridgehead atoms. The smallest absolute Gasteiger partial charge is 0.308 e. The van der Waals surface area contributed by atoms with E-state index >= 15 is 0 Å². The molecule has 6 nitrogen and oxygen atoms in total. The molecule has 1 aromatic heterocycles. The summed E-state index contributed by atoms with van der Waals surface area (Å²) in [6, 6.07) is 0. The van der Waals surface area contributed by atoms with Gasteiger partial charge in [0.15, 0.2) is 5.96 Å². The molecule has 1 N–H and O–H groups in total. The van der Waals surface area contributed by atoms with Crippen LogP contribution in [0.15, 0.2) is 10.4 Å². The number of methoxy groups -OCH3 is 1. The highest BCUT2D eigenvalue weighted by molar-refractivity contribution is 14.0. The summed E-state index contributed by atoms with van der Waals surface area (Å²) >= 11 is 1.68. The number of nitrogens with zero attached hydrogens (tertiary/aromatic N) is 3. The second kappa shape index (κ2) is 10.1. The van der Waals surface area contributed by atoms with Gasteiger partial charge in [-0.1, -0.05) is 0 Å². The van der Waals surface area contributed by atoms with Gasteiger partial charge >= 0.3 is 5.97 Å². The lowest BCUT2D eigenvalue weighted by atomic mass is 9.97. The first kappa shape index (κ1) is 20.1. The number of aliphatic imine (C=N–C) groups is 1. The summed E-state index contributed by atoms with van der Waals surface area (Å²) in [4.78, 5) is 22.5. The number of carbonyl (C=O) groups excluding carboxylic acids is 1. The quantitative estimate of drug-likeness (QED) is 0.328. The number of guanidine groups is 1. The molecule has 0 aliphatic carbocycles. The lowest BCUT2D eigenvalue weighted by Crippen LogP contribution is -2.47. The molecule has 1 fully saturated rings. The summed E-state index contributed by atoms with van der Waals surface area (Å²) in [6.45, 7) is 4.49. The van der Waals surface area contributed by atoms with Crippen LogP contribution in [0.2, 0.25) is 0 Å². The molecule has 0 saturated carbocycles. The Labute approximate surface area is 158 Å². The van der Waals surface area contributed by atoms with Crippen molar-refractivity contribution >= 4 is 47.2 Å². The molecule has 8 heteroatoms. The third-order valence-corrected chi connectivity index (χ3v) is 4.69. The van der Waals surface area contributed by atoms with E-state index in [0.717, 1.165) is 55.6 Å². The van der Waals surface area contributed by atoms with Gasteiger partial charge in [-0.2, -0.15) is 0 Å². The van der Waals surface area contributed by atoms with Crippen molar-refractivity contribution in [1.82, 2.24) is 15.2 Å². The minimum atomic E-state index is -0.0958. The van der Waals surface area contributed by atoms with E-state index in [9.17, 15) is 4.79 Å². The molecule has 0 amide bonds. The highest BCUT2D eigenvalue weighted by Gasteiger charge is 2.26. The molecular formula is C15H25IN4O2S. The van der Waals surface area contributed by atoms with Gasteiger partial charge < -0.3 is 15.0 Å². The number of hydrogen-bond acceptors (Lipinski definition) is 5. The van der Waals surface area contributed by atoms with Crippen LogP contribution in [0.3, 0.4) is 0 Å². The third kappa shape index (κ3) is 5.91. The minimum absolute atomic E-state index is 0. The normalized spacial score (nSPS) is 16.0. The van der Waals surface area contributed by atoms with E-state index in [-0.39, 0.29) is 35.9 Å². The van der Waals surface area contributed by atoms with Crippen LogP contribution in [0, 0.1) is 12.8 Å². The highest BCUT2D eigenvalue weighted by atomic mass is 127. The van der Waals surface area contributed by atoms with Crippen molar-refractivity contribution in [2.45, 2.75) is 26.2 Å². The number of rotatable bonds is 4. The predicted molar refractivity (Wildman–Crippen MR) is 104 cm³/mol. The maximum Gasteiger partial charge on any atom is 0.308 e. The first-order valence-corrected chi connectivity index (χ1v) is 8.46. The van der Waals surface area contributed by atoms with Gasteiger partial charge in [0.05, 0.1) is 23.7 Å². The Morgan fingerprint density at radius 1 is 1.52 bits per heavy atom. The van der Waals surface area contributed by atoms with Crippen LogP contribution in [0.4, 0.5) is 0 Å². The van der Waals surface area contributed by atoms with E-state index in [1.54, 1.807) is 18.4 Å². The summed E-state index contributed by atoms with van der Waals surface area (Å²) in [5, 5.41) is 6.58. The van der Waals surface area contributed by atoms with Crippen LogP contribution in [0.25, 0.3) is 0 Å². The Balaban J connectivity index is 0.00000264. The fourth-order valence-electron chi connectivity index (χ4n) is 2.65. The summed E-state index contributed by atoms with van der Waals surface area (Å²) in [5.41, 5.74) is 1.12. The van der Waals surface area contributed by atoms with Gasteiger partial charge in [-0.25, -0.2) is 4.98 Å². The van der Waals surface area contributed by atoms with Gasteiger partial charge in [0.25, 0.3) is 0 Å². The van der Waals surface area contributed by atoms with Gasteiger partial charge in [-0.05, 0) is 19.8 Å². The van der Waals surface area contributed by atoms with Crippen LogP contribution >= 0.6 is 35.3 Å². The number of piperidine rings is 1. The largest absolute Gasteiger partial charge is 0.469 e. The van der Waals surface area contributed by atoms with Gasteiger partial charge in [0.1, 0.15) is 0 Å². The van der Waals surface area contributed by atoms with E-state index in [0.29, 0.717) is 0 Å². The number of carbonyl (C=O) groups is 1. The fraction of sp³-hybridized carbons (Fsp3) is 0.667. The molecule has 0 spiro atoms. The number of aromatic nitrogens is 1. The van der Waals surface area contributed by atoms with Gasteiger partial charge in [0.2, 0.25) is 0 Å². The maximum absolute atomic E-state index is 11.6. The Kier molecular flexibility index (Phi) is 8.82. The van der Waals surface area contributed by atoms with Crippen LogP contribution < -0.4 is 5.32 Å². The molecule has 2 rings (SSSR count). The van der Waals surface area contributed by atoms with Crippen LogP contribution in [0.5, 0.6) is 0 Å². The summed E-state index contributed by atoms with van der Waals surface area (Å²) in [5.74, 6) is 0.828. The lowest BCUT2D eigenvalue weighted by molar-refractivity contribution is -0.146. The van der Waals surface area contributed by atoms with Crippen molar-refractivity contribution in [1.29, 1.82) is 0 Å². The van der Waals surface area contributed by atoms with Crippen molar-refractivity contribution in [2.75, 3.05) is 33.8 Å². The summed E-state index contributed by atoms with van der Waals surface area (Å²) in [6.07, 6.45) is 2.53. The summed E-state index contributed by atoms with van der Waals surface area (Å²) < 4.78 is 4.82. The molecule has 0 radical (unpaired) electrons. The van der Waals surface area contributed by atoms with Crippen LogP contribution in [0.1, 0.15) is 23.5 Å². The molecule has 130 valence electrons. The van der Waals surface area contributed by atoms with Crippen molar-refractivity contribution < 1.29 is 9.53 Å². The predicted octanol–water partition coefficient (Wildman–Crippen LogP) is 2.07. The van der Waals surface area contributed by atoms with E-state index < -0.39 is 0 Å². The molecule has 1 aromatic rings. The number of likely N-dealkylation sites (tertiary alicyclic amines) is 1. The molecule has 0 aromatic carbocycles. The zero-order valence-corrected chi connectivity index (χ0v) is 17.0. The minimum Gasteiger partial charge on any atom is -0.469 e. The number of thiazole rings is 1. The van der Waals surface area contributed by atoms with Gasteiger partial charge in [0, 0.05) is 38.5 Å². The zero-order valence-electron chi connectivity index (χ0n) is 13.9. The maximum atomic E-state index is 11.6. The number of esters is 1. The van der Waals surface area contributed by atoms with Crippen LogP contribution in [-0.4, -0.2) is 55.6 Å². The SMILES string of the molecule is CN=C(NCCc1csc(C)n1)N1CCC(C(=O)OC)CC1.I. The van der Waals surface area contributed by atoms with E-state index in [2.05, 4.69) is 25.6 Å². The molecule has 23 heavy (non-hydrogen) atoms. The Bertz CT molecular complexity index is 527. The van der Waals surface area contributed by atoms with Crippen molar-refractivity contribution in [3.63, 3.8) is 0 Å². The van der Waals surface area contributed by atoms with Crippen molar-refractivity contribution in [3.05, 3.63) is 16.1 Å². The average molecular weight is 452 g/mol. The second-order valence-corrected chi connectivity index (χ2v) is 6.43. The van der Waals surface area contributed by atoms with Gasteiger partial charge in [-0.15, -0.1) is 35.3 Å². The van der Waals surface area contributed by atoms with E-state index in [1.165, 1.54) is 7.11 Å². The van der Waals surface area contributed by atoms with Crippen LogP contribution in [-0.2, 0) is 16.0 Å². The number of hydrogen-bond donors (Lipinski definition) is 1. The highest BCUT2D eigenvalue weighted by Crippen LogP contribution is 2.18. The molecule has 1 aliphatic heterocycles. The first-order chi connectivity index (χ1) is 10.6. The third-order valence-electron chi connectivity index (χ3n) is 3.87. The monoisotopic (exact) mass is 452 g/mol. The fourth-order valence-corrected chi connectivity index (χ4v) is 3.30. The topological polar surface area (TPSA) is 66.8 Å². The Hall–Kier alpha value is -0.900. The first-order valence-electron chi connectivity index (χ1n) is 7.58. The summed E-state index contributed by atoms with van der Waals surface area (Å²) in [7, 11) is 3.25. The molecule has 0 atom stereocenters. The number of aryl methyl sites for hydroxylation is 1. The molecular weight excluding hydrogens is 427 g/mol. The number of halogens is 1. The Morgan fingerprint density at radius 2 is 2.22 bits per heavy atom. The molecule has 1 aliphatic rings. The van der Waals surface area contributed by atoms with E-state index in [4.69, 9.17) is 4.74 Å². The molecule has 2 heterocycles. The number of nitrogens with one attached hydrogen (secondary N) is 1.